The van der Waals surface area contributed by atoms with Gasteiger partial charge in [-0.05, 0) is 61.4 Å². The molecule has 1 aliphatic heterocycles. The van der Waals surface area contributed by atoms with Crippen LogP contribution in [-0.2, 0) is 21.3 Å². The predicted molar refractivity (Wildman–Crippen MR) is 161 cm³/mol. The molecule has 0 bridgehead atoms. The maximum absolute atomic E-state index is 13.7. The highest BCUT2D eigenvalue weighted by Crippen LogP contribution is 2.37. The first kappa shape index (κ1) is 27.6. The number of carbonyl (C=O) groups is 1. The Morgan fingerprint density at radius 1 is 0.927 bits per heavy atom. The van der Waals surface area contributed by atoms with Gasteiger partial charge in [-0.3, -0.25) is 4.79 Å². The number of nitrogens with zero attached hydrogens (tertiary/aromatic N) is 2. The van der Waals surface area contributed by atoms with E-state index in [0.717, 1.165) is 11.1 Å². The number of hydrazone groups is 1. The summed E-state index contributed by atoms with van der Waals surface area (Å²) in [6.07, 6.45) is 3.67. The molecule has 0 aromatic heterocycles. The zero-order valence-electron chi connectivity index (χ0n) is 22.7. The monoisotopic (exact) mass is 564 g/mol. The second-order valence-corrected chi connectivity index (χ2v) is 10.9. The molecule has 41 heavy (non-hydrogen) atoms. The molecule has 0 fully saturated rings. The van der Waals surface area contributed by atoms with Gasteiger partial charge in [0.25, 0.3) is 5.91 Å². The Morgan fingerprint density at radius 2 is 1.59 bits per heavy atom. The third-order valence-electron chi connectivity index (χ3n) is 6.48. The number of aryl methyl sites for hydroxylation is 1. The number of allylic oxidation sites excluding steroid dienone is 1. The van der Waals surface area contributed by atoms with Gasteiger partial charge in [-0.2, -0.15) is 18.5 Å². The molecule has 0 N–H and O–H groups in total. The number of amides is 1. The van der Waals surface area contributed by atoms with Gasteiger partial charge in [0.1, 0.15) is 10.6 Å². The zero-order valence-corrected chi connectivity index (χ0v) is 23.5. The molecule has 0 spiro atoms. The molecule has 0 unspecified atom stereocenters. The van der Waals surface area contributed by atoms with Crippen molar-refractivity contribution < 1.29 is 22.1 Å². The largest absolute Gasteiger partial charge is 0.493 e. The molecule has 0 saturated heterocycles. The van der Waals surface area contributed by atoms with Crippen LogP contribution in [0, 0.1) is 6.92 Å². The number of ether oxygens (including phenoxy) is 1. The van der Waals surface area contributed by atoms with E-state index in [1.165, 1.54) is 24.3 Å². The van der Waals surface area contributed by atoms with Gasteiger partial charge in [0, 0.05) is 11.1 Å². The molecule has 206 valence electrons. The van der Waals surface area contributed by atoms with Crippen LogP contribution in [0.1, 0.15) is 22.3 Å². The van der Waals surface area contributed by atoms with Crippen molar-refractivity contribution in [3.05, 3.63) is 138 Å². The second-order valence-electron chi connectivity index (χ2n) is 9.38. The Labute approximate surface area is 239 Å². The first-order chi connectivity index (χ1) is 19.8. The summed E-state index contributed by atoms with van der Waals surface area (Å²) < 4.78 is 37.5. The summed E-state index contributed by atoms with van der Waals surface area (Å²) in [5.41, 5.74) is 4.40. The molecule has 7 nitrogen and oxygen atoms in total. The van der Waals surface area contributed by atoms with Crippen LogP contribution in [0.15, 0.2) is 125 Å². The lowest BCUT2D eigenvalue weighted by Gasteiger charge is -2.16. The number of carbonyl (C=O) groups excluding carboxylic acids is 1. The highest BCUT2D eigenvalue weighted by Gasteiger charge is 2.32. The summed E-state index contributed by atoms with van der Waals surface area (Å²) in [5, 5.41) is 6.05. The van der Waals surface area contributed by atoms with Crippen molar-refractivity contribution in [2.75, 3.05) is 12.1 Å². The van der Waals surface area contributed by atoms with Gasteiger partial charge in [0.05, 0.1) is 18.4 Å². The Hall–Kier alpha value is -4.95. The average Bonchev–Trinajstić information content (AvgIpc) is 3.31. The minimum atomic E-state index is -4.14. The maximum Gasteiger partial charge on any atom is 0.339 e. The third-order valence-corrected chi connectivity index (χ3v) is 7.71. The van der Waals surface area contributed by atoms with E-state index < -0.39 is 10.1 Å². The number of methoxy groups -OCH3 is 1. The molecule has 4 aromatic rings. The molecule has 4 aromatic carbocycles. The number of hydrogen-bond acceptors (Lipinski definition) is 6. The second kappa shape index (κ2) is 11.7. The van der Waals surface area contributed by atoms with Crippen LogP contribution >= 0.6 is 0 Å². The van der Waals surface area contributed by atoms with Crippen molar-refractivity contribution in [3.8, 4) is 11.5 Å². The molecule has 8 heteroatoms. The molecule has 1 aliphatic rings. The lowest BCUT2D eigenvalue weighted by atomic mass is 9.98. The van der Waals surface area contributed by atoms with Crippen molar-refractivity contribution in [2.24, 2.45) is 5.10 Å². The Kier molecular flexibility index (Phi) is 7.85. The molecular formula is C33H28N2O5S. The minimum Gasteiger partial charge on any atom is -0.493 e. The van der Waals surface area contributed by atoms with Crippen molar-refractivity contribution in [2.45, 2.75) is 18.2 Å². The van der Waals surface area contributed by atoms with Gasteiger partial charge < -0.3 is 8.92 Å². The molecule has 0 aliphatic carbocycles. The van der Waals surface area contributed by atoms with Crippen LogP contribution in [0.4, 0.5) is 5.69 Å². The number of rotatable bonds is 9. The quantitative estimate of drug-likeness (QED) is 0.135. The van der Waals surface area contributed by atoms with E-state index >= 15 is 0 Å². The van der Waals surface area contributed by atoms with Crippen LogP contribution in [0.3, 0.4) is 0 Å². The summed E-state index contributed by atoms with van der Waals surface area (Å²) in [5.74, 6) is -0.0206. The maximum atomic E-state index is 13.7. The fourth-order valence-electron chi connectivity index (χ4n) is 4.45. The lowest BCUT2D eigenvalue weighted by molar-refractivity contribution is -0.114. The van der Waals surface area contributed by atoms with E-state index in [0.29, 0.717) is 34.5 Å². The van der Waals surface area contributed by atoms with E-state index in [2.05, 4.69) is 11.7 Å². The standard InChI is InChI=1S/C33H28N2O5S/c1-4-11-26-20-24(22-30(39-3)32(26)40-41(37,38)28-18-16-23(2)17-19-28)21-29-31(25-12-7-5-8-13-25)34-35(33(29)36)27-14-9-6-10-15-27/h4-10,12-22H,1,11H2,2-3H3/b29-21-. The number of hydrogen-bond donors (Lipinski definition) is 0. The number of para-hydroxylation sites is 1. The van der Waals surface area contributed by atoms with Crippen LogP contribution in [0.5, 0.6) is 11.5 Å². The zero-order chi connectivity index (χ0) is 29.0. The summed E-state index contributed by atoms with van der Waals surface area (Å²) in [6, 6.07) is 28.5. The van der Waals surface area contributed by atoms with Crippen molar-refractivity contribution in [1.29, 1.82) is 0 Å². The average molecular weight is 565 g/mol. The summed E-state index contributed by atoms with van der Waals surface area (Å²) in [4.78, 5) is 13.7. The van der Waals surface area contributed by atoms with Crippen LogP contribution in [-0.4, -0.2) is 27.1 Å². The molecule has 0 atom stereocenters. The van der Waals surface area contributed by atoms with Crippen molar-refractivity contribution in [3.63, 3.8) is 0 Å². The normalized spacial score (nSPS) is 14.2. The topological polar surface area (TPSA) is 85.3 Å². The van der Waals surface area contributed by atoms with Crippen molar-refractivity contribution in [1.82, 2.24) is 0 Å². The van der Waals surface area contributed by atoms with Crippen molar-refractivity contribution >= 4 is 33.5 Å². The molecule has 5 rings (SSSR count). The summed E-state index contributed by atoms with van der Waals surface area (Å²) in [7, 11) is -2.71. The van der Waals surface area contributed by atoms with E-state index in [1.807, 2.05) is 67.6 Å². The molecular weight excluding hydrogens is 536 g/mol. The summed E-state index contributed by atoms with van der Waals surface area (Å²) in [6.45, 7) is 5.69. The van der Waals surface area contributed by atoms with E-state index in [1.54, 1.807) is 36.4 Å². The van der Waals surface area contributed by atoms with Gasteiger partial charge in [-0.25, -0.2) is 0 Å². The minimum absolute atomic E-state index is 0.0298. The fourth-order valence-corrected chi connectivity index (χ4v) is 5.42. The molecule has 1 amide bonds. The first-order valence-corrected chi connectivity index (χ1v) is 14.3. The fraction of sp³-hybridized carbons (Fsp3) is 0.0909. The third kappa shape index (κ3) is 5.83. The number of anilines is 1. The van der Waals surface area contributed by atoms with E-state index in [-0.39, 0.29) is 22.3 Å². The van der Waals surface area contributed by atoms with Crippen LogP contribution in [0.2, 0.25) is 0 Å². The summed E-state index contributed by atoms with van der Waals surface area (Å²) >= 11 is 0. The van der Waals surface area contributed by atoms with Gasteiger partial charge in [-0.15, -0.1) is 6.58 Å². The molecule has 0 radical (unpaired) electrons. The van der Waals surface area contributed by atoms with Crippen LogP contribution in [0.25, 0.3) is 6.08 Å². The predicted octanol–water partition coefficient (Wildman–Crippen LogP) is 6.33. The Balaban J connectivity index is 1.59. The smallest absolute Gasteiger partial charge is 0.339 e. The molecule has 1 heterocycles. The van der Waals surface area contributed by atoms with Gasteiger partial charge in [0.2, 0.25) is 0 Å². The van der Waals surface area contributed by atoms with E-state index in [9.17, 15) is 13.2 Å². The highest BCUT2D eigenvalue weighted by molar-refractivity contribution is 7.87. The van der Waals surface area contributed by atoms with Gasteiger partial charge in [-0.1, -0.05) is 72.3 Å². The highest BCUT2D eigenvalue weighted by atomic mass is 32.2. The van der Waals surface area contributed by atoms with Gasteiger partial charge >= 0.3 is 10.1 Å². The Morgan fingerprint density at radius 3 is 2.22 bits per heavy atom. The number of benzene rings is 4. The van der Waals surface area contributed by atoms with E-state index in [4.69, 9.17) is 8.92 Å². The lowest BCUT2D eigenvalue weighted by Crippen LogP contribution is -2.21. The SMILES string of the molecule is C=CCc1cc(/C=C2\C(=O)N(c3ccccc3)N=C2c2ccccc2)cc(OC)c1OS(=O)(=O)c1ccc(C)cc1. The Bertz CT molecular complexity index is 1760. The molecule has 0 saturated carbocycles. The first-order valence-electron chi connectivity index (χ1n) is 12.9. The van der Waals surface area contributed by atoms with Crippen LogP contribution < -0.4 is 13.9 Å². The van der Waals surface area contributed by atoms with Gasteiger partial charge in [0.15, 0.2) is 11.5 Å².